The summed E-state index contributed by atoms with van der Waals surface area (Å²) in [5.41, 5.74) is 1.43. The second-order valence-corrected chi connectivity index (χ2v) is 9.21. The first kappa shape index (κ1) is 15.0. The van der Waals surface area contributed by atoms with Crippen LogP contribution in [0.2, 0.25) is 0 Å². The number of rotatable bonds is 1. The number of hydrogen-bond acceptors (Lipinski definition) is 3. The van der Waals surface area contributed by atoms with Gasteiger partial charge < -0.3 is 4.98 Å². The van der Waals surface area contributed by atoms with Crippen molar-refractivity contribution in [1.29, 1.82) is 0 Å². The van der Waals surface area contributed by atoms with Crippen molar-refractivity contribution in [2.45, 2.75) is 58.3 Å². The number of fused-ring (bicyclic) bond motifs is 3. The predicted molar refractivity (Wildman–Crippen MR) is 89.6 cm³/mol. The van der Waals surface area contributed by atoms with Gasteiger partial charge in [-0.2, -0.15) is 0 Å². The predicted octanol–water partition coefficient (Wildman–Crippen LogP) is 4.53. The van der Waals surface area contributed by atoms with Crippen molar-refractivity contribution in [2.24, 2.45) is 5.41 Å². The van der Waals surface area contributed by atoms with Crippen molar-refractivity contribution in [1.82, 2.24) is 9.97 Å². The van der Waals surface area contributed by atoms with Crippen molar-refractivity contribution in [3.63, 3.8) is 0 Å². The van der Waals surface area contributed by atoms with Crippen LogP contribution in [0.15, 0.2) is 4.79 Å². The molecule has 0 saturated heterocycles. The Morgan fingerprint density at radius 2 is 2.00 bits per heavy atom. The Kier molecular flexibility index (Phi) is 3.27. The number of halogens is 1. The van der Waals surface area contributed by atoms with E-state index in [-0.39, 0.29) is 21.8 Å². The highest BCUT2D eigenvalue weighted by Gasteiger charge is 2.40. The zero-order chi connectivity index (χ0) is 15.6. The molecule has 2 heterocycles. The Morgan fingerprint density at radius 3 is 2.62 bits per heavy atom. The van der Waals surface area contributed by atoms with Gasteiger partial charge in [-0.1, -0.05) is 27.7 Å². The monoisotopic (exact) mass is 324 g/mol. The minimum Gasteiger partial charge on any atom is -0.309 e. The number of aromatic amines is 1. The average molecular weight is 325 g/mol. The van der Waals surface area contributed by atoms with Crippen molar-refractivity contribution in [3.05, 3.63) is 26.6 Å². The third kappa shape index (κ3) is 2.42. The summed E-state index contributed by atoms with van der Waals surface area (Å²) in [6.07, 6.45) is 2.06. The van der Waals surface area contributed by atoms with Gasteiger partial charge in [-0.3, -0.25) is 4.79 Å². The lowest BCUT2D eigenvalue weighted by atomic mass is 9.65. The normalized spacial score (nSPS) is 21.2. The van der Waals surface area contributed by atoms with Crippen molar-refractivity contribution in [3.8, 4) is 0 Å². The van der Waals surface area contributed by atoms with Crippen molar-refractivity contribution >= 4 is 33.2 Å². The van der Waals surface area contributed by atoms with E-state index >= 15 is 0 Å². The molecule has 3 rings (SSSR count). The maximum atomic E-state index is 12.5. The van der Waals surface area contributed by atoms with Crippen LogP contribution in [0.4, 0.5) is 0 Å². The molecular weight excluding hydrogens is 304 g/mol. The van der Waals surface area contributed by atoms with Crippen LogP contribution >= 0.6 is 22.9 Å². The summed E-state index contributed by atoms with van der Waals surface area (Å²) in [7, 11) is 0. The van der Waals surface area contributed by atoms with E-state index in [1.165, 1.54) is 10.4 Å². The molecule has 1 aliphatic carbocycles. The summed E-state index contributed by atoms with van der Waals surface area (Å²) in [5.74, 6) is 0.560. The first-order valence-electron chi connectivity index (χ1n) is 7.31. The Labute approximate surface area is 133 Å². The maximum absolute atomic E-state index is 12.5. The summed E-state index contributed by atoms with van der Waals surface area (Å²) >= 11 is 7.74. The summed E-state index contributed by atoms with van der Waals surface area (Å²) in [6.45, 7) is 10.9. The van der Waals surface area contributed by atoms with Crippen LogP contribution in [-0.4, -0.2) is 9.97 Å². The fraction of sp³-hybridized carbons (Fsp3) is 0.625. The molecule has 0 bridgehead atoms. The Bertz CT molecular complexity index is 770. The standard InChI is InChI=1S/C16H21ClN2OS/c1-8(17)12-18-13(20)10-9-6-15(2,3)7-16(4,5)11(9)21-14(10)19-12/h8H,6-7H2,1-5H3,(H,18,19,20). The van der Waals surface area contributed by atoms with Gasteiger partial charge in [0.25, 0.3) is 5.56 Å². The minimum atomic E-state index is -0.286. The first-order valence-corrected chi connectivity index (χ1v) is 8.56. The number of nitrogens with zero attached hydrogens (tertiary/aromatic N) is 1. The molecule has 0 amide bonds. The number of hydrogen-bond donors (Lipinski definition) is 1. The van der Waals surface area contributed by atoms with Crippen molar-refractivity contribution < 1.29 is 0 Å². The van der Waals surface area contributed by atoms with E-state index in [9.17, 15) is 4.79 Å². The SMILES string of the molecule is CC(Cl)c1nc2sc3c(c2c(=O)[nH]1)CC(C)(C)CC3(C)C. The molecular formula is C16H21ClN2OS. The van der Waals surface area contributed by atoms with Crippen LogP contribution in [0.1, 0.15) is 62.7 Å². The molecule has 2 aromatic rings. The zero-order valence-corrected chi connectivity index (χ0v) is 14.7. The van der Waals surface area contributed by atoms with Gasteiger partial charge in [0.15, 0.2) is 0 Å². The van der Waals surface area contributed by atoms with E-state index in [4.69, 9.17) is 11.6 Å². The van der Waals surface area contributed by atoms with E-state index in [0.717, 1.165) is 23.1 Å². The largest absolute Gasteiger partial charge is 0.309 e. The lowest BCUT2D eigenvalue weighted by Gasteiger charge is -2.40. The number of nitrogens with one attached hydrogen (secondary N) is 1. The fourth-order valence-electron chi connectivity index (χ4n) is 3.80. The highest BCUT2D eigenvalue weighted by atomic mass is 35.5. The molecule has 3 nitrogen and oxygen atoms in total. The van der Waals surface area contributed by atoms with E-state index in [2.05, 4.69) is 37.7 Å². The quantitative estimate of drug-likeness (QED) is 0.783. The van der Waals surface area contributed by atoms with Gasteiger partial charge in [0.1, 0.15) is 10.7 Å². The number of thiophene rings is 1. The van der Waals surface area contributed by atoms with E-state index in [1.807, 2.05) is 6.92 Å². The molecule has 5 heteroatoms. The van der Waals surface area contributed by atoms with Gasteiger partial charge in [-0.15, -0.1) is 22.9 Å². The van der Waals surface area contributed by atoms with Gasteiger partial charge in [0.05, 0.1) is 10.8 Å². The van der Waals surface area contributed by atoms with E-state index in [1.54, 1.807) is 11.3 Å². The van der Waals surface area contributed by atoms with Crippen LogP contribution < -0.4 is 5.56 Å². The summed E-state index contributed by atoms with van der Waals surface area (Å²) in [5, 5.41) is 0.489. The van der Waals surface area contributed by atoms with Gasteiger partial charge in [-0.05, 0) is 36.2 Å². The average Bonchev–Trinajstić information content (AvgIpc) is 2.66. The minimum absolute atomic E-state index is 0.0477. The molecule has 1 N–H and O–H groups in total. The summed E-state index contributed by atoms with van der Waals surface area (Å²) in [6, 6.07) is 0. The number of alkyl halides is 1. The molecule has 114 valence electrons. The van der Waals surface area contributed by atoms with E-state index < -0.39 is 0 Å². The molecule has 2 aromatic heterocycles. The molecule has 21 heavy (non-hydrogen) atoms. The summed E-state index contributed by atoms with van der Waals surface area (Å²) < 4.78 is 0. The van der Waals surface area contributed by atoms with Crippen molar-refractivity contribution in [2.75, 3.05) is 0 Å². The molecule has 1 aliphatic rings. The van der Waals surface area contributed by atoms with Gasteiger partial charge in [0, 0.05) is 4.88 Å². The molecule has 0 spiro atoms. The van der Waals surface area contributed by atoms with Crippen LogP contribution in [0, 0.1) is 5.41 Å². The summed E-state index contributed by atoms with van der Waals surface area (Å²) in [4.78, 5) is 22.1. The Hall–Kier alpha value is -0.870. The smallest absolute Gasteiger partial charge is 0.259 e. The van der Waals surface area contributed by atoms with Crippen LogP contribution in [0.3, 0.4) is 0 Å². The molecule has 1 atom stereocenters. The van der Waals surface area contributed by atoms with E-state index in [0.29, 0.717) is 5.82 Å². The molecule has 0 aliphatic heterocycles. The third-order valence-corrected chi connectivity index (χ3v) is 5.94. The highest BCUT2D eigenvalue weighted by molar-refractivity contribution is 7.19. The van der Waals surface area contributed by atoms with Gasteiger partial charge >= 0.3 is 0 Å². The van der Waals surface area contributed by atoms with Gasteiger partial charge in [-0.25, -0.2) is 4.98 Å². The first-order chi connectivity index (χ1) is 9.61. The maximum Gasteiger partial charge on any atom is 0.259 e. The molecule has 1 unspecified atom stereocenters. The number of aromatic nitrogens is 2. The van der Waals surface area contributed by atoms with Crippen LogP contribution in [-0.2, 0) is 11.8 Å². The molecule has 0 aromatic carbocycles. The van der Waals surface area contributed by atoms with Crippen LogP contribution in [0.5, 0.6) is 0 Å². The van der Waals surface area contributed by atoms with Crippen LogP contribution in [0.25, 0.3) is 10.2 Å². The molecule has 0 fully saturated rings. The highest BCUT2D eigenvalue weighted by Crippen LogP contribution is 2.50. The second-order valence-electron chi connectivity index (χ2n) is 7.56. The fourth-order valence-corrected chi connectivity index (χ4v) is 5.21. The lowest BCUT2D eigenvalue weighted by molar-refractivity contribution is 0.236. The molecule has 0 saturated carbocycles. The topological polar surface area (TPSA) is 45.8 Å². The van der Waals surface area contributed by atoms with Gasteiger partial charge in [0.2, 0.25) is 0 Å². The third-order valence-electron chi connectivity index (χ3n) is 4.25. The molecule has 0 radical (unpaired) electrons. The second kappa shape index (κ2) is 4.56. The Morgan fingerprint density at radius 1 is 1.33 bits per heavy atom. The number of H-pyrrole nitrogens is 1. The lowest BCUT2D eigenvalue weighted by Crippen LogP contribution is -2.33. The Balaban J connectivity index is 2.33. The zero-order valence-electron chi connectivity index (χ0n) is 13.1.